The highest BCUT2D eigenvalue weighted by Gasteiger charge is 2.19. The van der Waals surface area contributed by atoms with E-state index in [0.29, 0.717) is 12.6 Å². The second kappa shape index (κ2) is 7.97. The van der Waals surface area contributed by atoms with Crippen molar-refractivity contribution in [3.8, 4) is 0 Å². The van der Waals surface area contributed by atoms with E-state index in [2.05, 4.69) is 5.32 Å². The minimum absolute atomic E-state index is 0.302. The fourth-order valence-electron chi connectivity index (χ4n) is 1.48. The van der Waals surface area contributed by atoms with E-state index < -0.39 is 6.16 Å². The van der Waals surface area contributed by atoms with Gasteiger partial charge in [0.15, 0.2) is 0 Å². The molecule has 0 heterocycles. The summed E-state index contributed by atoms with van der Waals surface area (Å²) in [5, 5.41) is 16.8. The molecule has 0 unspecified atom stereocenters. The fraction of sp³-hybridized carbons (Fsp3) is 0.385. The van der Waals surface area contributed by atoms with Crippen molar-refractivity contribution in [1.82, 2.24) is 5.32 Å². The molecule has 6 heteroatoms. The maximum atomic E-state index is 11.3. The lowest BCUT2D eigenvalue weighted by molar-refractivity contribution is 0.130. The smallest absolute Gasteiger partial charge is 0.450 e. The predicted molar refractivity (Wildman–Crippen MR) is 68.1 cm³/mol. The van der Waals surface area contributed by atoms with E-state index in [1.54, 1.807) is 0 Å². The van der Waals surface area contributed by atoms with Crippen LogP contribution in [0.1, 0.15) is 24.8 Å². The number of amides is 1. The quantitative estimate of drug-likeness (QED) is 0.782. The molecule has 1 aromatic rings. The van der Waals surface area contributed by atoms with Gasteiger partial charge in [-0.05, 0) is 24.8 Å². The van der Waals surface area contributed by atoms with Gasteiger partial charge in [0.25, 0.3) is 0 Å². The van der Waals surface area contributed by atoms with Crippen LogP contribution in [0.4, 0.5) is 9.59 Å². The Kier molecular flexibility index (Phi) is 6.21. The Bertz CT molecular complexity index is 399. The van der Waals surface area contributed by atoms with Crippen molar-refractivity contribution in [1.29, 1.82) is 0 Å². The Balaban J connectivity index is 0.000000399. The van der Waals surface area contributed by atoms with Gasteiger partial charge in [0.1, 0.15) is 6.61 Å². The molecule has 19 heavy (non-hydrogen) atoms. The summed E-state index contributed by atoms with van der Waals surface area (Å²) >= 11 is 0. The van der Waals surface area contributed by atoms with Gasteiger partial charge in [0.2, 0.25) is 0 Å². The zero-order valence-corrected chi connectivity index (χ0v) is 10.4. The minimum Gasteiger partial charge on any atom is -0.450 e. The standard InChI is InChI=1S/C12H15NO2.CH2O3/c14-12(13-11-7-4-8-11)15-9-10-5-2-1-3-6-10;2-1(3)4/h1-3,5-6,11H,4,7-9H2,(H,13,14);(H2,2,3,4). The van der Waals surface area contributed by atoms with Gasteiger partial charge in [-0.1, -0.05) is 30.3 Å². The molecule has 1 aromatic carbocycles. The lowest BCUT2D eigenvalue weighted by Gasteiger charge is -2.25. The zero-order chi connectivity index (χ0) is 14.1. The first-order valence-corrected chi connectivity index (χ1v) is 5.97. The van der Waals surface area contributed by atoms with Gasteiger partial charge >= 0.3 is 12.2 Å². The lowest BCUT2D eigenvalue weighted by atomic mass is 9.93. The van der Waals surface area contributed by atoms with Crippen molar-refractivity contribution in [2.24, 2.45) is 0 Å². The Morgan fingerprint density at radius 2 is 1.79 bits per heavy atom. The van der Waals surface area contributed by atoms with E-state index in [1.165, 1.54) is 6.42 Å². The Labute approximate surface area is 111 Å². The summed E-state index contributed by atoms with van der Waals surface area (Å²) in [6, 6.07) is 10.0. The highest BCUT2D eigenvalue weighted by molar-refractivity contribution is 5.67. The number of rotatable bonds is 3. The number of hydrogen-bond donors (Lipinski definition) is 3. The monoisotopic (exact) mass is 267 g/mol. The number of carbonyl (C=O) groups is 2. The molecule has 1 aliphatic carbocycles. The summed E-state index contributed by atoms with van der Waals surface area (Å²) in [6.45, 7) is 0.347. The van der Waals surface area contributed by atoms with E-state index >= 15 is 0 Å². The minimum atomic E-state index is -1.83. The van der Waals surface area contributed by atoms with Crippen molar-refractivity contribution in [2.45, 2.75) is 31.9 Å². The van der Waals surface area contributed by atoms with Crippen molar-refractivity contribution in [3.63, 3.8) is 0 Å². The number of alkyl carbamates (subject to hydrolysis) is 1. The summed E-state index contributed by atoms with van der Waals surface area (Å²) in [7, 11) is 0. The van der Waals surface area contributed by atoms with Crippen LogP contribution in [0.2, 0.25) is 0 Å². The molecule has 0 bridgehead atoms. The number of ether oxygens (including phenoxy) is 1. The molecule has 1 saturated carbocycles. The van der Waals surface area contributed by atoms with E-state index in [0.717, 1.165) is 18.4 Å². The van der Waals surface area contributed by atoms with Crippen LogP contribution < -0.4 is 5.32 Å². The molecule has 6 nitrogen and oxygen atoms in total. The normalized spacial score (nSPS) is 13.5. The molecule has 104 valence electrons. The Morgan fingerprint density at radius 3 is 2.26 bits per heavy atom. The first-order chi connectivity index (χ1) is 9.08. The Hall–Kier alpha value is -2.24. The summed E-state index contributed by atoms with van der Waals surface area (Å²) in [4.78, 5) is 19.8. The van der Waals surface area contributed by atoms with E-state index in [1.807, 2.05) is 30.3 Å². The first-order valence-electron chi connectivity index (χ1n) is 5.97. The van der Waals surface area contributed by atoms with Gasteiger partial charge in [-0.15, -0.1) is 0 Å². The van der Waals surface area contributed by atoms with Crippen molar-refractivity contribution < 1.29 is 24.5 Å². The highest BCUT2D eigenvalue weighted by Crippen LogP contribution is 2.18. The molecule has 1 fully saturated rings. The van der Waals surface area contributed by atoms with Gasteiger partial charge in [0, 0.05) is 6.04 Å². The molecule has 0 aromatic heterocycles. The molecular formula is C13H17NO5. The van der Waals surface area contributed by atoms with Gasteiger partial charge in [-0.3, -0.25) is 0 Å². The second-order valence-corrected chi connectivity index (χ2v) is 4.12. The molecule has 0 aliphatic heterocycles. The van der Waals surface area contributed by atoms with Crippen LogP contribution in [0, 0.1) is 0 Å². The second-order valence-electron chi connectivity index (χ2n) is 4.12. The van der Waals surface area contributed by atoms with E-state index in [9.17, 15) is 4.79 Å². The molecule has 1 aliphatic rings. The third-order valence-electron chi connectivity index (χ3n) is 2.64. The van der Waals surface area contributed by atoms with Crippen LogP contribution in [0.3, 0.4) is 0 Å². The topological polar surface area (TPSA) is 95.9 Å². The van der Waals surface area contributed by atoms with Crippen LogP contribution in [-0.2, 0) is 11.3 Å². The van der Waals surface area contributed by atoms with Gasteiger partial charge in [0.05, 0.1) is 0 Å². The summed E-state index contributed by atoms with van der Waals surface area (Å²) in [6.07, 6.45) is 1.24. The van der Waals surface area contributed by atoms with E-state index in [-0.39, 0.29) is 6.09 Å². The predicted octanol–water partition coefficient (Wildman–Crippen LogP) is 2.69. The molecular weight excluding hydrogens is 250 g/mol. The lowest BCUT2D eigenvalue weighted by Crippen LogP contribution is -2.39. The summed E-state index contributed by atoms with van der Waals surface area (Å²) < 4.78 is 5.08. The SMILES string of the molecule is O=C(NC1CCC1)OCc1ccccc1.O=C(O)O. The number of benzene rings is 1. The fourth-order valence-corrected chi connectivity index (χ4v) is 1.48. The Morgan fingerprint density at radius 1 is 1.21 bits per heavy atom. The first kappa shape index (κ1) is 14.8. The molecule has 3 N–H and O–H groups in total. The molecule has 1 amide bonds. The largest absolute Gasteiger partial charge is 0.503 e. The maximum absolute atomic E-state index is 11.3. The van der Waals surface area contributed by atoms with Crippen molar-refractivity contribution in [2.75, 3.05) is 0 Å². The van der Waals surface area contributed by atoms with Crippen LogP contribution in [-0.4, -0.2) is 28.5 Å². The van der Waals surface area contributed by atoms with Gasteiger partial charge in [-0.25, -0.2) is 9.59 Å². The van der Waals surface area contributed by atoms with Crippen LogP contribution >= 0.6 is 0 Å². The highest BCUT2D eigenvalue weighted by atomic mass is 16.6. The summed E-state index contributed by atoms with van der Waals surface area (Å²) in [5.74, 6) is 0. The van der Waals surface area contributed by atoms with Gasteiger partial charge in [-0.2, -0.15) is 0 Å². The number of nitrogens with one attached hydrogen (secondary N) is 1. The van der Waals surface area contributed by atoms with Crippen molar-refractivity contribution in [3.05, 3.63) is 35.9 Å². The average Bonchev–Trinajstić information content (AvgIpc) is 2.32. The van der Waals surface area contributed by atoms with Gasteiger partial charge < -0.3 is 20.3 Å². The average molecular weight is 267 g/mol. The molecule has 0 saturated heterocycles. The van der Waals surface area contributed by atoms with E-state index in [4.69, 9.17) is 19.7 Å². The van der Waals surface area contributed by atoms with Crippen LogP contribution in [0.15, 0.2) is 30.3 Å². The third-order valence-corrected chi connectivity index (χ3v) is 2.64. The van der Waals surface area contributed by atoms with Crippen LogP contribution in [0.5, 0.6) is 0 Å². The summed E-state index contributed by atoms with van der Waals surface area (Å²) in [5.41, 5.74) is 1.02. The molecule has 0 radical (unpaired) electrons. The van der Waals surface area contributed by atoms with Crippen LogP contribution in [0.25, 0.3) is 0 Å². The maximum Gasteiger partial charge on any atom is 0.503 e. The number of carboxylic acid groups (broad SMARTS) is 2. The molecule has 0 spiro atoms. The molecule has 0 atom stereocenters. The molecule has 2 rings (SSSR count). The number of carbonyl (C=O) groups excluding carboxylic acids is 1. The number of hydrogen-bond acceptors (Lipinski definition) is 3. The van der Waals surface area contributed by atoms with Crippen molar-refractivity contribution >= 4 is 12.2 Å². The zero-order valence-electron chi connectivity index (χ0n) is 10.4. The third kappa shape index (κ3) is 6.92.